The molecule has 3 aromatic rings. The summed E-state index contributed by atoms with van der Waals surface area (Å²) in [5.74, 6) is -0.463. The zero-order valence-corrected chi connectivity index (χ0v) is 11.8. The van der Waals surface area contributed by atoms with Gasteiger partial charge in [-0.2, -0.15) is 0 Å². The number of halogens is 1. The molecule has 2 heterocycles. The molecular formula is C16H13FN4O. The number of aromatic nitrogens is 3. The summed E-state index contributed by atoms with van der Waals surface area (Å²) in [4.78, 5) is 23.5. The van der Waals surface area contributed by atoms with Crippen molar-refractivity contribution in [3.63, 3.8) is 0 Å². The summed E-state index contributed by atoms with van der Waals surface area (Å²) in [6.07, 6.45) is 1.40. The number of carbonyl (C=O) groups is 1. The molecule has 22 heavy (non-hydrogen) atoms. The van der Waals surface area contributed by atoms with Crippen molar-refractivity contribution >= 4 is 11.6 Å². The molecule has 0 aliphatic heterocycles. The van der Waals surface area contributed by atoms with Crippen molar-refractivity contribution in [1.29, 1.82) is 0 Å². The molecule has 5 nitrogen and oxygen atoms in total. The van der Waals surface area contributed by atoms with Gasteiger partial charge in [0.2, 0.25) is 0 Å². The van der Waals surface area contributed by atoms with E-state index < -0.39 is 11.7 Å². The maximum Gasteiger partial charge on any atom is 0.273 e. The van der Waals surface area contributed by atoms with Crippen molar-refractivity contribution in [3.05, 3.63) is 65.9 Å². The first kappa shape index (κ1) is 13.9. The van der Waals surface area contributed by atoms with Gasteiger partial charge in [-0.3, -0.25) is 4.79 Å². The van der Waals surface area contributed by atoms with Gasteiger partial charge >= 0.3 is 0 Å². The summed E-state index contributed by atoms with van der Waals surface area (Å²) < 4.78 is 13.5. The second-order valence-electron chi connectivity index (χ2n) is 4.74. The summed E-state index contributed by atoms with van der Waals surface area (Å²) in [6, 6.07) is 11.5. The number of anilines is 1. The Morgan fingerprint density at radius 1 is 1.18 bits per heavy atom. The Morgan fingerprint density at radius 3 is 2.77 bits per heavy atom. The summed E-state index contributed by atoms with van der Waals surface area (Å²) in [5.41, 5.74) is 1.86. The van der Waals surface area contributed by atoms with Gasteiger partial charge in [0.15, 0.2) is 5.82 Å². The highest BCUT2D eigenvalue weighted by Crippen LogP contribution is 2.16. The number of hydrogen-bond acceptors (Lipinski definition) is 3. The summed E-state index contributed by atoms with van der Waals surface area (Å²) in [6.45, 7) is 1.87. The van der Waals surface area contributed by atoms with Gasteiger partial charge in [0, 0.05) is 5.69 Å². The van der Waals surface area contributed by atoms with Crippen molar-refractivity contribution in [3.8, 4) is 11.5 Å². The smallest absolute Gasteiger partial charge is 0.273 e. The van der Waals surface area contributed by atoms with Crippen LogP contribution in [0.25, 0.3) is 11.5 Å². The number of hydrogen-bond donors (Lipinski definition) is 2. The molecule has 0 bridgehead atoms. The molecule has 0 radical (unpaired) electrons. The molecule has 3 rings (SSSR count). The number of aryl methyl sites for hydroxylation is 1. The normalized spacial score (nSPS) is 10.5. The van der Waals surface area contributed by atoms with Gasteiger partial charge in [-0.05, 0) is 31.2 Å². The van der Waals surface area contributed by atoms with Crippen LogP contribution in [0, 0.1) is 12.7 Å². The van der Waals surface area contributed by atoms with Crippen molar-refractivity contribution in [1.82, 2.24) is 15.0 Å². The number of H-pyrrole nitrogens is 1. The monoisotopic (exact) mass is 296 g/mol. The molecule has 6 heteroatoms. The molecule has 2 aromatic heterocycles. The highest BCUT2D eigenvalue weighted by Gasteiger charge is 2.13. The first-order valence-corrected chi connectivity index (χ1v) is 6.68. The van der Waals surface area contributed by atoms with E-state index in [-0.39, 0.29) is 11.4 Å². The van der Waals surface area contributed by atoms with Crippen LogP contribution in [0.2, 0.25) is 0 Å². The molecule has 0 atom stereocenters. The average Bonchev–Trinajstić information content (AvgIpc) is 2.99. The molecule has 1 aromatic carbocycles. The second-order valence-corrected chi connectivity index (χ2v) is 4.74. The third-order valence-corrected chi connectivity index (χ3v) is 3.07. The predicted molar refractivity (Wildman–Crippen MR) is 80.9 cm³/mol. The number of para-hydroxylation sites is 1. The van der Waals surface area contributed by atoms with Crippen LogP contribution in [0.5, 0.6) is 0 Å². The van der Waals surface area contributed by atoms with E-state index in [0.717, 1.165) is 5.69 Å². The molecule has 2 N–H and O–H groups in total. The fraction of sp³-hybridized carbons (Fsp3) is 0.0625. The zero-order chi connectivity index (χ0) is 15.5. The Bertz CT molecular complexity index is 828. The Balaban J connectivity index is 1.82. The lowest BCUT2D eigenvalue weighted by molar-refractivity contribution is 0.102. The van der Waals surface area contributed by atoms with Crippen LogP contribution in [0.15, 0.2) is 48.7 Å². The zero-order valence-electron chi connectivity index (χ0n) is 11.8. The van der Waals surface area contributed by atoms with E-state index in [1.54, 1.807) is 18.2 Å². The summed E-state index contributed by atoms with van der Waals surface area (Å²) >= 11 is 0. The maximum absolute atomic E-state index is 13.5. The van der Waals surface area contributed by atoms with Gasteiger partial charge in [0.25, 0.3) is 5.91 Å². The van der Waals surface area contributed by atoms with Gasteiger partial charge in [-0.25, -0.2) is 14.4 Å². The van der Waals surface area contributed by atoms with E-state index in [4.69, 9.17) is 0 Å². The van der Waals surface area contributed by atoms with Gasteiger partial charge in [-0.15, -0.1) is 0 Å². The molecule has 0 aliphatic rings. The average molecular weight is 296 g/mol. The minimum Gasteiger partial charge on any atom is -0.333 e. The van der Waals surface area contributed by atoms with Gasteiger partial charge in [-0.1, -0.05) is 18.2 Å². The van der Waals surface area contributed by atoms with Crippen LogP contribution in [0.4, 0.5) is 10.1 Å². The number of rotatable bonds is 3. The molecule has 1 amide bonds. The van der Waals surface area contributed by atoms with Crippen LogP contribution in [0.3, 0.4) is 0 Å². The Morgan fingerprint density at radius 2 is 2.00 bits per heavy atom. The number of carbonyl (C=O) groups excluding carboxylic acids is 1. The molecule has 0 fully saturated rings. The quantitative estimate of drug-likeness (QED) is 0.780. The third-order valence-electron chi connectivity index (χ3n) is 3.07. The number of nitrogens with one attached hydrogen (secondary N) is 2. The summed E-state index contributed by atoms with van der Waals surface area (Å²) in [7, 11) is 0. The predicted octanol–water partition coefficient (Wildman–Crippen LogP) is 3.17. The number of nitrogens with zero attached hydrogens (tertiary/aromatic N) is 2. The van der Waals surface area contributed by atoms with Crippen LogP contribution in [0.1, 0.15) is 16.2 Å². The van der Waals surface area contributed by atoms with Crippen LogP contribution in [-0.4, -0.2) is 20.9 Å². The van der Waals surface area contributed by atoms with Crippen LogP contribution in [-0.2, 0) is 0 Å². The van der Waals surface area contributed by atoms with Crippen molar-refractivity contribution in [2.24, 2.45) is 0 Å². The van der Waals surface area contributed by atoms with E-state index in [1.165, 1.54) is 18.3 Å². The topological polar surface area (TPSA) is 70.7 Å². The Hall–Kier alpha value is -3.02. The number of benzene rings is 1. The molecule has 0 saturated heterocycles. The first-order valence-electron chi connectivity index (χ1n) is 6.68. The molecule has 0 spiro atoms. The maximum atomic E-state index is 13.5. The van der Waals surface area contributed by atoms with Crippen LogP contribution >= 0.6 is 0 Å². The fourth-order valence-corrected chi connectivity index (χ4v) is 1.99. The van der Waals surface area contributed by atoms with E-state index in [0.29, 0.717) is 11.5 Å². The molecule has 0 unspecified atom stereocenters. The van der Waals surface area contributed by atoms with Gasteiger partial charge < -0.3 is 10.3 Å². The lowest BCUT2D eigenvalue weighted by atomic mass is 10.3. The molecular weight excluding hydrogens is 283 g/mol. The molecule has 0 aliphatic carbocycles. The first-order chi connectivity index (χ1) is 10.6. The SMILES string of the molecule is Cc1cccc(-c2ncc(C(=O)Nc3ccccc3F)[nH]2)n1. The number of imidazole rings is 1. The second kappa shape index (κ2) is 5.77. The van der Waals surface area contributed by atoms with E-state index >= 15 is 0 Å². The van der Waals surface area contributed by atoms with E-state index in [1.807, 2.05) is 19.1 Å². The van der Waals surface area contributed by atoms with Crippen molar-refractivity contribution < 1.29 is 9.18 Å². The number of aromatic amines is 1. The van der Waals surface area contributed by atoms with Crippen LogP contribution < -0.4 is 5.32 Å². The lowest BCUT2D eigenvalue weighted by Gasteiger charge is -2.04. The largest absolute Gasteiger partial charge is 0.333 e. The minimum absolute atomic E-state index is 0.123. The van der Waals surface area contributed by atoms with Crippen molar-refractivity contribution in [2.45, 2.75) is 6.92 Å². The minimum atomic E-state index is -0.490. The van der Waals surface area contributed by atoms with Gasteiger partial charge in [0.1, 0.15) is 17.2 Å². The molecule has 0 saturated carbocycles. The lowest BCUT2D eigenvalue weighted by Crippen LogP contribution is -2.13. The van der Waals surface area contributed by atoms with E-state index in [2.05, 4.69) is 20.3 Å². The highest BCUT2D eigenvalue weighted by molar-refractivity contribution is 6.03. The van der Waals surface area contributed by atoms with E-state index in [9.17, 15) is 9.18 Å². The van der Waals surface area contributed by atoms with Crippen molar-refractivity contribution in [2.75, 3.05) is 5.32 Å². The third kappa shape index (κ3) is 2.85. The molecule has 110 valence electrons. The Kier molecular flexibility index (Phi) is 3.65. The standard InChI is InChI=1S/C16H13FN4O/c1-10-5-4-8-13(19-10)15-18-9-14(20-15)16(22)21-12-7-3-2-6-11(12)17/h2-9H,1H3,(H,18,20)(H,21,22). The highest BCUT2D eigenvalue weighted by atomic mass is 19.1. The number of pyridine rings is 1. The number of amides is 1. The fourth-order valence-electron chi connectivity index (χ4n) is 1.99. The van der Waals surface area contributed by atoms with Gasteiger partial charge in [0.05, 0.1) is 11.9 Å². The summed E-state index contributed by atoms with van der Waals surface area (Å²) in [5, 5.41) is 2.50. The Labute approximate surface area is 126 Å².